The van der Waals surface area contributed by atoms with E-state index in [1.807, 2.05) is 27.7 Å². The molecule has 6 heteroatoms. The van der Waals surface area contributed by atoms with Gasteiger partial charge in [-0.25, -0.2) is 4.79 Å². The summed E-state index contributed by atoms with van der Waals surface area (Å²) >= 11 is 0. The number of ether oxygens (including phenoxy) is 1. The highest BCUT2D eigenvalue weighted by atomic mass is 19.4. The van der Waals surface area contributed by atoms with Crippen molar-refractivity contribution in [3.63, 3.8) is 0 Å². The lowest BCUT2D eigenvalue weighted by Gasteiger charge is -2.21. The van der Waals surface area contributed by atoms with Crippen LogP contribution < -0.4 is 10.4 Å². The molecule has 166 valence electrons. The lowest BCUT2D eigenvalue weighted by atomic mass is 9.95. The predicted octanol–water partition coefficient (Wildman–Crippen LogP) is 7.39. The Morgan fingerprint density at radius 3 is 2.32 bits per heavy atom. The monoisotopic (exact) mass is 432 g/mol. The molecule has 3 rings (SSSR count). The summed E-state index contributed by atoms with van der Waals surface area (Å²) in [5, 5.41) is 0.524. The number of aryl methyl sites for hydroxylation is 1. The first kappa shape index (κ1) is 22.9. The van der Waals surface area contributed by atoms with Gasteiger partial charge in [0.25, 0.3) is 0 Å². The first-order valence-corrected chi connectivity index (χ1v) is 10.5. The van der Waals surface area contributed by atoms with E-state index in [0.717, 1.165) is 25.3 Å². The van der Waals surface area contributed by atoms with E-state index >= 15 is 0 Å². The van der Waals surface area contributed by atoms with Crippen LogP contribution in [0.5, 0.6) is 5.75 Å². The number of hydrogen-bond donors (Lipinski definition) is 0. The Labute approximate surface area is 179 Å². The molecule has 2 aromatic carbocycles. The second kappa shape index (κ2) is 8.77. The standard InChI is InChI=1S/C25H27F3O3/c1-5-6-7-8-16-9-12-19(21(13-16)25(26,27)28)20-14-17-10-11-18(31-24(2,3)4)15-22(17)30-23(20)29/h9-15H,5-8H2,1-4H3. The van der Waals surface area contributed by atoms with Gasteiger partial charge in [0.1, 0.15) is 16.9 Å². The average Bonchev–Trinajstić information content (AvgIpc) is 2.66. The molecule has 31 heavy (non-hydrogen) atoms. The number of halogens is 3. The van der Waals surface area contributed by atoms with Gasteiger partial charge in [-0.1, -0.05) is 31.9 Å². The first-order valence-electron chi connectivity index (χ1n) is 10.5. The molecule has 0 aliphatic rings. The van der Waals surface area contributed by atoms with Gasteiger partial charge < -0.3 is 9.15 Å². The lowest BCUT2D eigenvalue weighted by Crippen LogP contribution is -2.22. The molecule has 3 aromatic rings. The van der Waals surface area contributed by atoms with Crippen LogP contribution in [0, 0.1) is 0 Å². The fourth-order valence-corrected chi connectivity index (χ4v) is 3.49. The molecule has 0 aliphatic carbocycles. The van der Waals surface area contributed by atoms with Crippen molar-refractivity contribution in [3.8, 4) is 16.9 Å². The van der Waals surface area contributed by atoms with E-state index < -0.39 is 23.0 Å². The molecule has 0 spiro atoms. The Kier molecular flexibility index (Phi) is 6.48. The Morgan fingerprint density at radius 2 is 1.68 bits per heavy atom. The predicted molar refractivity (Wildman–Crippen MR) is 117 cm³/mol. The van der Waals surface area contributed by atoms with Crippen molar-refractivity contribution in [1.82, 2.24) is 0 Å². The number of rotatable bonds is 6. The lowest BCUT2D eigenvalue weighted by molar-refractivity contribution is -0.137. The highest BCUT2D eigenvalue weighted by molar-refractivity contribution is 5.83. The van der Waals surface area contributed by atoms with Gasteiger partial charge in [-0.2, -0.15) is 13.2 Å². The maximum Gasteiger partial charge on any atom is 0.417 e. The number of benzene rings is 2. The Morgan fingerprint density at radius 1 is 0.935 bits per heavy atom. The van der Waals surface area contributed by atoms with Crippen molar-refractivity contribution in [1.29, 1.82) is 0 Å². The van der Waals surface area contributed by atoms with Crippen LogP contribution in [0.3, 0.4) is 0 Å². The molecule has 0 saturated carbocycles. The molecule has 0 atom stereocenters. The van der Waals surface area contributed by atoms with Crippen LogP contribution in [0.15, 0.2) is 51.7 Å². The fraction of sp³-hybridized carbons (Fsp3) is 0.400. The summed E-state index contributed by atoms with van der Waals surface area (Å²) < 4.78 is 52.6. The zero-order valence-corrected chi connectivity index (χ0v) is 18.2. The van der Waals surface area contributed by atoms with Crippen LogP contribution in [0.1, 0.15) is 58.1 Å². The summed E-state index contributed by atoms with van der Waals surface area (Å²) in [4.78, 5) is 12.6. The van der Waals surface area contributed by atoms with Crippen molar-refractivity contribution < 1.29 is 22.3 Å². The minimum atomic E-state index is -4.58. The van der Waals surface area contributed by atoms with Crippen LogP contribution in [0.2, 0.25) is 0 Å². The molecule has 0 radical (unpaired) electrons. The van der Waals surface area contributed by atoms with Gasteiger partial charge in [-0.3, -0.25) is 0 Å². The second-order valence-corrected chi connectivity index (χ2v) is 8.70. The highest BCUT2D eigenvalue weighted by Crippen LogP contribution is 2.38. The van der Waals surface area contributed by atoms with Crippen LogP contribution in [-0.4, -0.2) is 5.60 Å². The van der Waals surface area contributed by atoms with Crippen molar-refractivity contribution >= 4 is 11.0 Å². The Balaban J connectivity index is 2.06. The SMILES string of the molecule is CCCCCc1ccc(-c2cc3ccc(OC(C)(C)C)cc3oc2=O)c(C(F)(F)F)c1. The molecule has 1 aromatic heterocycles. The minimum absolute atomic E-state index is 0.107. The van der Waals surface area contributed by atoms with Crippen LogP contribution in [0.25, 0.3) is 22.1 Å². The smallest absolute Gasteiger partial charge is 0.417 e. The van der Waals surface area contributed by atoms with E-state index in [0.29, 0.717) is 23.1 Å². The zero-order chi connectivity index (χ0) is 22.8. The van der Waals surface area contributed by atoms with Gasteiger partial charge in [0.05, 0.1) is 11.1 Å². The van der Waals surface area contributed by atoms with E-state index in [1.165, 1.54) is 12.1 Å². The molecule has 3 nitrogen and oxygen atoms in total. The molecular formula is C25H27F3O3. The van der Waals surface area contributed by atoms with Gasteiger partial charge in [0.15, 0.2) is 0 Å². The van der Waals surface area contributed by atoms with Gasteiger partial charge in [-0.05, 0) is 63.4 Å². The Bertz CT molecular complexity index is 1120. The minimum Gasteiger partial charge on any atom is -0.488 e. The third-order valence-electron chi connectivity index (χ3n) is 4.88. The van der Waals surface area contributed by atoms with E-state index in [-0.39, 0.29) is 16.7 Å². The summed E-state index contributed by atoms with van der Waals surface area (Å²) in [6, 6.07) is 10.6. The van der Waals surface area contributed by atoms with Crippen molar-refractivity contribution in [2.75, 3.05) is 0 Å². The van der Waals surface area contributed by atoms with Crippen molar-refractivity contribution in [2.24, 2.45) is 0 Å². The van der Waals surface area contributed by atoms with Crippen LogP contribution in [0.4, 0.5) is 13.2 Å². The second-order valence-electron chi connectivity index (χ2n) is 8.70. The number of alkyl halides is 3. The summed E-state index contributed by atoms with van der Waals surface area (Å²) in [6.45, 7) is 7.71. The largest absolute Gasteiger partial charge is 0.488 e. The number of hydrogen-bond acceptors (Lipinski definition) is 3. The summed E-state index contributed by atoms with van der Waals surface area (Å²) in [7, 11) is 0. The quantitative estimate of drug-likeness (QED) is 0.301. The molecule has 0 fully saturated rings. The third-order valence-corrected chi connectivity index (χ3v) is 4.88. The van der Waals surface area contributed by atoms with E-state index in [4.69, 9.17) is 9.15 Å². The molecule has 0 unspecified atom stereocenters. The molecule has 1 heterocycles. The third kappa shape index (κ3) is 5.69. The van der Waals surface area contributed by atoms with Gasteiger partial charge >= 0.3 is 11.8 Å². The molecule has 0 saturated heterocycles. The van der Waals surface area contributed by atoms with Crippen molar-refractivity contribution in [3.05, 3.63) is 64.0 Å². The Hall–Kier alpha value is -2.76. The summed E-state index contributed by atoms with van der Waals surface area (Å²) in [5.74, 6) is 0.517. The topological polar surface area (TPSA) is 39.4 Å². The normalized spacial score (nSPS) is 12.4. The molecule has 0 bridgehead atoms. The molecule has 0 N–H and O–H groups in total. The zero-order valence-electron chi connectivity index (χ0n) is 18.2. The highest BCUT2D eigenvalue weighted by Gasteiger charge is 2.34. The maximum atomic E-state index is 13.8. The first-order chi connectivity index (χ1) is 14.5. The van der Waals surface area contributed by atoms with Gasteiger partial charge in [-0.15, -0.1) is 0 Å². The van der Waals surface area contributed by atoms with Gasteiger partial charge in [0.2, 0.25) is 0 Å². The fourth-order valence-electron chi connectivity index (χ4n) is 3.49. The summed E-state index contributed by atoms with van der Waals surface area (Å²) in [6.07, 6.45) is -1.24. The van der Waals surface area contributed by atoms with E-state index in [2.05, 4.69) is 0 Å². The van der Waals surface area contributed by atoms with Gasteiger partial charge in [0, 0.05) is 17.0 Å². The molecule has 0 amide bonds. The molecular weight excluding hydrogens is 405 g/mol. The van der Waals surface area contributed by atoms with Crippen LogP contribution >= 0.6 is 0 Å². The maximum absolute atomic E-state index is 13.8. The summed E-state index contributed by atoms with van der Waals surface area (Å²) in [5.41, 5.74) is -1.47. The average molecular weight is 432 g/mol. The van der Waals surface area contributed by atoms with E-state index in [9.17, 15) is 18.0 Å². The number of unbranched alkanes of at least 4 members (excludes halogenated alkanes) is 2. The van der Waals surface area contributed by atoms with E-state index in [1.54, 1.807) is 24.3 Å². The van der Waals surface area contributed by atoms with Crippen LogP contribution in [-0.2, 0) is 12.6 Å². The van der Waals surface area contributed by atoms with Crippen molar-refractivity contribution in [2.45, 2.75) is 65.2 Å². The number of fused-ring (bicyclic) bond motifs is 1. The molecule has 0 aliphatic heterocycles.